The minimum atomic E-state index is 0.0515. The van der Waals surface area contributed by atoms with Gasteiger partial charge in [-0.25, -0.2) is 0 Å². The van der Waals surface area contributed by atoms with E-state index < -0.39 is 0 Å². The van der Waals surface area contributed by atoms with Gasteiger partial charge in [0, 0.05) is 44.6 Å². The van der Waals surface area contributed by atoms with Crippen molar-refractivity contribution in [1.82, 2.24) is 19.9 Å². The fraction of sp³-hybridized carbons (Fsp3) is 0.412. The lowest BCUT2D eigenvalue weighted by Gasteiger charge is -2.32. The van der Waals surface area contributed by atoms with Crippen molar-refractivity contribution < 1.29 is 14.1 Å². The molecule has 0 saturated carbocycles. The molecule has 1 fully saturated rings. The topological polar surface area (TPSA) is 79.5 Å². The van der Waals surface area contributed by atoms with Crippen molar-refractivity contribution in [2.45, 2.75) is 19.8 Å². The minimum absolute atomic E-state index is 0.0515. The van der Waals surface area contributed by atoms with Gasteiger partial charge < -0.3 is 14.3 Å². The van der Waals surface area contributed by atoms with E-state index in [1.54, 1.807) is 9.80 Å². The van der Waals surface area contributed by atoms with E-state index in [-0.39, 0.29) is 5.91 Å². The second kappa shape index (κ2) is 7.25. The Morgan fingerprint density at radius 2 is 1.92 bits per heavy atom. The number of piperazine rings is 1. The molecule has 1 aromatic heterocycles. The number of rotatable bonds is 5. The molecule has 7 heteroatoms. The molecule has 24 heavy (non-hydrogen) atoms. The summed E-state index contributed by atoms with van der Waals surface area (Å²) in [7, 11) is 0. The van der Waals surface area contributed by atoms with E-state index in [2.05, 4.69) is 10.1 Å². The van der Waals surface area contributed by atoms with E-state index in [0.717, 1.165) is 12.0 Å². The Hall–Kier alpha value is -2.70. The van der Waals surface area contributed by atoms with Gasteiger partial charge in [0.05, 0.1) is 0 Å². The quantitative estimate of drug-likeness (QED) is 0.773. The summed E-state index contributed by atoms with van der Waals surface area (Å²) in [5.41, 5.74) is 2.06. The number of amides is 2. The Labute approximate surface area is 140 Å². The van der Waals surface area contributed by atoms with Crippen LogP contribution in [0.3, 0.4) is 0 Å². The highest BCUT2D eigenvalue weighted by atomic mass is 16.5. The number of nitrogens with zero attached hydrogens (tertiary/aromatic N) is 4. The average Bonchev–Trinajstić information content (AvgIpc) is 3.09. The summed E-state index contributed by atoms with van der Waals surface area (Å²) in [5.74, 6) is 1.05. The van der Waals surface area contributed by atoms with Crippen LogP contribution in [0.25, 0.3) is 11.4 Å². The average molecular weight is 328 g/mol. The highest BCUT2D eigenvalue weighted by Crippen LogP contribution is 2.17. The smallest absolute Gasteiger partial charge is 0.227 e. The van der Waals surface area contributed by atoms with E-state index in [9.17, 15) is 9.59 Å². The van der Waals surface area contributed by atoms with Gasteiger partial charge in [0.1, 0.15) is 0 Å². The van der Waals surface area contributed by atoms with E-state index in [0.29, 0.717) is 50.7 Å². The van der Waals surface area contributed by atoms with Crippen LogP contribution in [0.2, 0.25) is 0 Å². The second-order valence-corrected chi connectivity index (χ2v) is 5.90. The molecule has 1 aromatic carbocycles. The highest BCUT2D eigenvalue weighted by molar-refractivity contribution is 5.76. The number of aryl methyl sites for hydroxylation is 2. The van der Waals surface area contributed by atoms with Gasteiger partial charge in [-0.15, -0.1) is 0 Å². The Bertz CT molecular complexity index is 703. The molecule has 1 aliphatic rings. The first kappa shape index (κ1) is 16.2. The predicted octanol–water partition coefficient (Wildman–Crippen LogP) is 1.28. The van der Waals surface area contributed by atoms with E-state index in [1.807, 2.05) is 31.2 Å². The van der Waals surface area contributed by atoms with Gasteiger partial charge >= 0.3 is 0 Å². The molecule has 0 atom stereocenters. The summed E-state index contributed by atoms with van der Waals surface area (Å²) in [6, 6.07) is 7.88. The summed E-state index contributed by atoms with van der Waals surface area (Å²) in [6.07, 6.45) is 1.58. The van der Waals surface area contributed by atoms with Gasteiger partial charge in [0.2, 0.25) is 24.0 Å². The van der Waals surface area contributed by atoms with Crippen molar-refractivity contribution in [2.24, 2.45) is 0 Å². The van der Waals surface area contributed by atoms with Gasteiger partial charge in [0.15, 0.2) is 0 Å². The summed E-state index contributed by atoms with van der Waals surface area (Å²) in [5, 5.41) is 3.97. The maximum absolute atomic E-state index is 12.2. The maximum atomic E-state index is 12.2. The molecule has 0 spiro atoms. The van der Waals surface area contributed by atoms with Crippen LogP contribution in [0.4, 0.5) is 0 Å². The van der Waals surface area contributed by atoms with Crippen molar-refractivity contribution >= 4 is 12.3 Å². The minimum Gasteiger partial charge on any atom is -0.342 e. The molecule has 2 amide bonds. The Balaban J connectivity index is 1.53. The van der Waals surface area contributed by atoms with Gasteiger partial charge in [-0.2, -0.15) is 4.98 Å². The van der Waals surface area contributed by atoms with E-state index >= 15 is 0 Å². The first-order valence-electron chi connectivity index (χ1n) is 8.02. The molecule has 1 saturated heterocycles. The Kier molecular flexibility index (Phi) is 4.88. The van der Waals surface area contributed by atoms with Crippen LogP contribution >= 0.6 is 0 Å². The van der Waals surface area contributed by atoms with Crippen molar-refractivity contribution in [3.8, 4) is 11.4 Å². The Morgan fingerprint density at radius 3 is 2.58 bits per heavy atom. The van der Waals surface area contributed by atoms with E-state index in [1.165, 1.54) is 5.56 Å². The maximum Gasteiger partial charge on any atom is 0.227 e. The fourth-order valence-corrected chi connectivity index (χ4v) is 2.63. The summed E-state index contributed by atoms with van der Waals surface area (Å²) < 4.78 is 5.24. The number of carbonyl (C=O) groups is 2. The van der Waals surface area contributed by atoms with Crippen molar-refractivity contribution in [2.75, 3.05) is 26.2 Å². The molecule has 126 valence electrons. The number of carbonyl (C=O) groups excluding carboxylic acids is 2. The second-order valence-electron chi connectivity index (χ2n) is 5.90. The molecule has 1 aliphatic heterocycles. The number of hydrogen-bond donors (Lipinski definition) is 0. The molecule has 0 unspecified atom stereocenters. The largest absolute Gasteiger partial charge is 0.342 e. The lowest BCUT2D eigenvalue weighted by molar-refractivity contribution is -0.135. The lowest BCUT2D eigenvalue weighted by Crippen LogP contribution is -2.48. The number of hydrogen-bond acceptors (Lipinski definition) is 5. The first-order chi connectivity index (χ1) is 11.7. The third kappa shape index (κ3) is 3.79. The standard InChI is InChI=1S/C17H20N4O3/c1-13-2-4-14(5-3-13)17-18-15(24-19-17)6-7-16(23)21-10-8-20(12-22)9-11-21/h2-5,12H,6-11H2,1H3. The van der Waals surface area contributed by atoms with Crippen LogP contribution in [0.5, 0.6) is 0 Å². The molecule has 2 heterocycles. The molecule has 0 radical (unpaired) electrons. The fourth-order valence-electron chi connectivity index (χ4n) is 2.63. The number of aromatic nitrogens is 2. The zero-order valence-corrected chi connectivity index (χ0v) is 13.6. The van der Waals surface area contributed by atoms with Crippen LogP contribution in [0.1, 0.15) is 17.9 Å². The third-order valence-electron chi connectivity index (χ3n) is 4.15. The van der Waals surface area contributed by atoms with E-state index in [4.69, 9.17) is 4.52 Å². The molecule has 0 bridgehead atoms. The molecule has 3 rings (SSSR count). The predicted molar refractivity (Wildman–Crippen MR) is 87.0 cm³/mol. The summed E-state index contributed by atoms with van der Waals surface area (Å²) in [4.78, 5) is 30.7. The molecule has 2 aromatic rings. The molecule has 0 N–H and O–H groups in total. The highest BCUT2D eigenvalue weighted by Gasteiger charge is 2.20. The summed E-state index contributed by atoms with van der Waals surface area (Å²) in [6.45, 7) is 4.36. The Morgan fingerprint density at radius 1 is 1.21 bits per heavy atom. The zero-order chi connectivity index (χ0) is 16.9. The van der Waals surface area contributed by atoms with Crippen molar-refractivity contribution in [3.05, 3.63) is 35.7 Å². The zero-order valence-electron chi connectivity index (χ0n) is 13.6. The molecular formula is C17H20N4O3. The van der Waals surface area contributed by atoms with Gasteiger partial charge in [-0.3, -0.25) is 9.59 Å². The van der Waals surface area contributed by atoms with Gasteiger partial charge in [-0.05, 0) is 6.92 Å². The molecular weight excluding hydrogens is 308 g/mol. The van der Waals surface area contributed by atoms with Crippen LogP contribution < -0.4 is 0 Å². The molecule has 0 aliphatic carbocycles. The lowest BCUT2D eigenvalue weighted by atomic mass is 10.1. The normalized spacial score (nSPS) is 14.7. The van der Waals surface area contributed by atoms with Crippen LogP contribution in [0.15, 0.2) is 28.8 Å². The van der Waals surface area contributed by atoms with Crippen molar-refractivity contribution in [1.29, 1.82) is 0 Å². The SMILES string of the molecule is Cc1ccc(-c2noc(CCC(=O)N3CCN(C=O)CC3)n2)cc1. The third-order valence-corrected chi connectivity index (χ3v) is 4.15. The van der Waals surface area contributed by atoms with Crippen LogP contribution in [-0.2, 0) is 16.0 Å². The van der Waals surface area contributed by atoms with Gasteiger partial charge in [-0.1, -0.05) is 35.0 Å². The first-order valence-corrected chi connectivity index (χ1v) is 8.02. The summed E-state index contributed by atoms with van der Waals surface area (Å²) >= 11 is 0. The number of benzene rings is 1. The van der Waals surface area contributed by atoms with Crippen LogP contribution in [0, 0.1) is 6.92 Å². The van der Waals surface area contributed by atoms with Crippen LogP contribution in [-0.4, -0.2) is 58.4 Å². The molecule has 7 nitrogen and oxygen atoms in total. The monoisotopic (exact) mass is 328 g/mol. The van der Waals surface area contributed by atoms with Gasteiger partial charge in [0.25, 0.3) is 0 Å². The van der Waals surface area contributed by atoms with Crippen molar-refractivity contribution in [3.63, 3.8) is 0 Å².